The molecule has 1 N–H and O–H groups in total. The largest absolute Gasteiger partial charge is 0.490 e. The van der Waals surface area contributed by atoms with Crippen LogP contribution in [-0.4, -0.2) is 53.0 Å². The smallest absolute Gasteiger partial charge is 0.379 e. The number of benzene rings is 1. The molecule has 11 nitrogen and oxygen atoms in total. The number of aliphatic imine (C=N–C) groups is 1. The molecule has 0 bridgehead atoms. The molecule has 0 aliphatic carbocycles. The number of hydrazone groups is 1. The van der Waals surface area contributed by atoms with Crippen LogP contribution in [-0.2, 0) is 14.6 Å². The first-order chi connectivity index (χ1) is 16.6. The molecule has 0 radical (unpaired) electrons. The van der Waals surface area contributed by atoms with Crippen LogP contribution in [0.5, 0.6) is 11.5 Å². The van der Waals surface area contributed by atoms with E-state index < -0.39 is 21.7 Å². The van der Waals surface area contributed by atoms with Crippen molar-refractivity contribution in [1.82, 2.24) is 5.01 Å². The zero-order valence-electron chi connectivity index (χ0n) is 18.3. The first kappa shape index (κ1) is 24.7. The fourth-order valence-corrected chi connectivity index (χ4v) is 5.38. The molecule has 2 aliphatic rings. The van der Waals surface area contributed by atoms with Crippen LogP contribution < -0.4 is 9.47 Å². The first-order valence-corrected chi connectivity index (χ1v) is 12.9. The number of ether oxygens (including phenoxy) is 2. The van der Waals surface area contributed by atoms with E-state index in [1.54, 1.807) is 6.92 Å². The summed E-state index contributed by atoms with van der Waals surface area (Å²) in [5.74, 6) is -2.01. The van der Waals surface area contributed by atoms with Crippen molar-refractivity contribution in [3.63, 3.8) is 0 Å². The highest BCUT2D eigenvalue weighted by Gasteiger charge is 2.39. The molecule has 0 unspecified atom stereocenters. The number of nitrogens with one attached hydrogen (secondary N) is 1. The Morgan fingerprint density at radius 2 is 2.11 bits per heavy atom. The topological polar surface area (TPSA) is 152 Å². The molecule has 0 spiro atoms. The minimum Gasteiger partial charge on any atom is -0.490 e. The number of thioether (sulfide) groups is 1. The van der Waals surface area contributed by atoms with Gasteiger partial charge < -0.3 is 13.9 Å². The fraction of sp³-hybridized carbons (Fsp3) is 0.190. The molecule has 1 aromatic heterocycles. The lowest BCUT2D eigenvalue weighted by atomic mass is 10.1. The fourth-order valence-electron chi connectivity index (χ4n) is 2.96. The van der Waals surface area contributed by atoms with Crippen LogP contribution in [0.1, 0.15) is 30.0 Å². The predicted molar refractivity (Wildman–Crippen MR) is 131 cm³/mol. The summed E-state index contributed by atoms with van der Waals surface area (Å²) in [5.41, 5.74) is 0.201. The molecule has 1 amide bonds. The Bertz CT molecular complexity index is 1430. The van der Waals surface area contributed by atoms with Gasteiger partial charge in [-0.05, 0) is 54.6 Å². The molecule has 2 aromatic rings. The van der Waals surface area contributed by atoms with E-state index in [2.05, 4.69) is 10.1 Å². The van der Waals surface area contributed by atoms with Gasteiger partial charge in [0.1, 0.15) is 0 Å². The zero-order chi connectivity index (χ0) is 25.3. The lowest BCUT2D eigenvalue weighted by molar-refractivity contribution is -0.114. The number of carbonyl (C=O) groups is 2. The van der Waals surface area contributed by atoms with Crippen molar-refractivity contribution in [2.24, 2.45) is 10.1 Å². The van der Waals surface area contributed by atoms with Gasteiger partial charge in [-0.25, -0.2) is 13.2 Å². The van der Waals surface area contributed by atoms with Crippen molar-refractivity contribution >= 4 is 66.5 Å². The third-order valence-electron chi connectivity index (χ3n) is 4.64. The summed E-state index contributed by atoms with van der Waals surface area (Å²) in [7, 11) is -3.64. The van der Waals surface area contributed by atoms with Crippen LogP contribution in [0.2, 0.25) is 5.02 Å². The van der Waals surface area contributed by atoms with Gasteiger partial charge in [0.05, 0.1) is 29.2 Å². The van der Waals surface area contributed by atoms with Crippen molar-refractivity contribution in [1.29, 1.82) is 5.41 Å². The van der Waals surface area contributed by atoms with Gasteiger partial charge in [-0.1, -0.05) is 18.5 Å². The summed E-state index contributed by atoms with van der Waals surface area (Å²) in [6, 6.07) is 5.85. The Hall–Kier alpha value is -3.42. The lowest BCUT2D eigenvalue weighted by Gasteiger charge is -2.20. The third-order valence-corrected chi connectivity index (χ3v) is 8.01. The average Bonchev–Trinajstić information content (AvgIpc) is 3.50. The van der Waals surface area contributed by atoms with E-state index in [0.717, 1.165) is 5.01 Å². The summed E-state index contributed by atoms with van der Waals surface area (Å²) in [6.07, 6.45) is 2.66. The van der Waals surface area contributed by atoms with Crippen LogP contribution in [0.4, 0.5) is 0 Å². The second-order valence-corrected chi connectivity index (χ2v) is 10.7. The Morgan fingerprint density at radius 1 is 1.34 bits per heavy atom. The van der Waals surface area contributed by atoms with Crippen molar-refractivity contribution in [2.45, 2.75) is 13.8 Å². The van der Waals surface area contributed by atoms with E-state index in [4.69, 9.17) is 30.9 Å². The van der Waals surface area contributed by atoms with E-state index in [1.807, 2.05) is 0 Å². The molecule has 0 saturated heterocycles. The van der Waals surface area contributed by atoms with Crippen LogP contribution >= 0.6 is 23.4 Å². The maximum absolute atomic E-state index is 12.6. The molecule has 182 valence electrons. The van der Waals surface area contributed by atoms with Crippen LogP contribution in [0.3, 0.4) is 0 Å². The Morgan fingerprint density at radius 3 is 2.77 bits per heavy atom. The number of halogens is 1. The average molecular weight is 537 g/mol. The van der Waals surface area contributed by atoms with Crippen molar-refractivity contribution in [2.75, 3.05) is 12.4 Å². The Balaban J connectivity index is 1.68. The first-order valence-electron chi connectivity index (χ1n) is 10.1. The van der Waals surface area contributed by atoms with Gasteiger partial charge in [-0.3, -0.25) is 10.2 Å². The molecule has 0 atom stereocenters. The molecule has 14 heteroatoms. The number of sulfone groups is 1. The van der Waals surface area contributed by atoms with Crippen molar-refractivity contribution in [3.05, 3.63) is 52.4 Å². The maximum Gasteiger partial charge on any atom is 0.379 e. The predicted octanol–water partition coefficient (Wildman–Crippen LogP) is 3.56. The molecule has 0 saturated carbocycles. The standard InChI is InChI=1S/C21H17ClN4O7S2/c1-3-31-15-10-11(9-13(22)16(15)33-19(28)14-6-5-7-32-14)8-12-17(23)26-20(24-18(12)27)34-21(25-26)35(29,30)4-2/h5-10,23H,3-4H2,1-2H3/b12-8-,23-17?. The molecular weight excluding hydrogens is 520 g/mol. The second kappa shape index (κ2) is 9.68. The number of hydrogen-bond donors (Lipinski definition) is 1. The second-order valence-electron chi connectivity index (χ2n) is 6.92. The minimum atomic E-state index is -3.64. The van der Waals surface area contributed by atoms with Crippen LogP contribution in [0.15, 0.2) is 50.6 Å². The van der Waals surface area contributed by atoms with Gasteiger partial charge in [-0.2, -0.15) is 10.0 Å². The summed E-state index contributed by atoms with van der Waals surface area (Å²) >= 11 is 7.07. The van der Waals surface area contributed by atoms with E-state index >= 15 is 0 Å². The number of amidine groups is 2. The monoisotopic (exact) mass is 536 g/mol. The van der Waals surface area contributed by atoms with Gasteiger partial charge in [-0.15, -0.1) is 5.10 Å². The minimum absolute atomic E-state index is 0.00718. The highest BCUT2D eigenvalue weighted by Crippen LogP contribution is 2.38. The van der Waals surface area contributed by atoms with E-state index in [0.29, 0.717) is 17.3 Å². The quantitative estimate of drug-likeness (QED) is 0.331. The van der Waals surface area contributed by atoms with Crippen molar-refractivity contribution < 1.29 is 31.9 Å². The molecule has 3 heterocycles. The van der Waals surface area contributed by atoms with E-state index in [1.165, 1.54) is 43.5 Å². The molecule has 35 heavy (non-hydrogen) atoms. The maximum atomic E-state index is 12.6. The SMILES string of the molecule is CCOc1cc(/C=C2/C(=N)N3N=C(S(=O)(=O)CC)SC3=NC2=O)cc(Cl)c1OC(=O)c1ccco1. The molecule has 1 aromatic carbocycles. The number of esters is 1. The Labute approximate surface area is 208 Å². The highest BCUT2D eigenvalue weighted by molar-refractivity contribution is 8.42. The van der Waals surface area contributed by atoms with Gasteiger partial charge in [0.15, 0.2) is 17.3 Å². The summed E-state index contributed by atoms with van der Waals surface area (Å²) < 4.78 is 40.0. The zero-order valence-corrected chi connectivity index (χ0v) is 20.7. The third kappa shape index (κ3) is 4.88. The number of fused-ring (bicyclic) bond motifs is 1. The number of furan rings is 1. The molecule has 4 rings (SSSR count). The molecular formula is C21H17ClN4O7S2. The van der Waals surface area contributed by atoms with Gasteiger partial charge in [0, 0.05) is 0 Å². The number of carbonyl (C=O) groups excluding carboxylic acids is 2. The van der Waals surface area contributed by atoms with Gasteiger partial charge in [0.25, 0.3) is 5.91 Å². The Kier molecular flexibility index (Phi) is 6.83. The van der Waals surface area contributed by atoms with Crippen molar-refractivity contribution in [3.8, 4) is 11.5 Å². The van der Waals surface area contributed by atoms with Gasteiger partial charge >= 0.3 is 5.97 Å². The number of hydrogen-bond acceptors (Lipinski definition) is 10. The van der Waals surface area contributed by atoms with Gasteiger partial charge in [0.2, 0.25) is 25.1 Å². The normalized spacial score (nSPS) is 16.8. The van der Waals surface area contributed by atoms with E-state index in [-0.39, 0.29) is 55.6 Å². The summed E-state index contributed by atoms with van der Waals surface area (Å²) in [5, 5.41) is 13.3. The lowest BCUT2D eigenvalue weighted by Crippen LogP contribution is -2.35. The number of rotatable bonds is 6. The summed E-state index contributed by atoms with van der Waals surface area (Å²) in [4.78, 5) is 28.8. The van der Waals surface area contributed by atoms with E-state index in [9.17, 15) is 18.0 Å². The summed E-state index contributed by atoms with van der Waals surface area (Å²) in [6.45, 7) is 3.41. The number of nitrogens with zero attached hydrogens (tertiary/aromatic N) is 3. The molecule has 0 fully saturated rings. The highest BCUT2D eigenvalue weighted by atomic mass is 35.5. The molecule has 2 aliphatic heterocycles. The van der Waals surface area contributed by atoms with Crippen LogP contribution in [0, 0.1) is 5.41 Å². The van der Waals surface area contributed by atoms with Crippen LogP contribution in [0.25, 0.3) is 6.08 Å². The number of amides is 1.